The van der Waals surface area contributed by atoms with E-state index in [9.17, 15) is 0 Å². The molecule has 0 amide bonds. The van der Waals surface area contributed by atoms with Gasteiger partial charge < -0.3 is 4.74 Å². The molecule has 0 saturated carbocycles. The van der Waals surface area contributed by atoms with Crippen molar-refractivity contribution in [2.75, 3.05) is 25.2 Å². The fourth-order valence-electron chi connectivity index (χ4n) is 2.79. The molecule has 1 aliphatic heterocycles. The van der Waals surface area contributed by atoms with Gasteiger partial charge in [-0.2, -0.15) is 16.9 Å². The molecule has 0 aliphatic carbocycles. The Bertz CT molecular complexity index is 579. The Kier molecular flexibility index (Phi) is 5.51. The first-order valence-electron chi connectivity index (χ1n) is 7.91. The summed E-state index contributed by atoms with van der Waals surface area (Å²) in [4.78, 5) is 4.80. The van der Waals surface area contributed by atoms with E-state index < -0.39 is 0 Å². The molecule has 1 fully saturated rings. The van der Waals surface area contributed by atoms with Crippen molar-refractivity contribution in [2.45, 2.75) is 31.7 Å². The van der Waals surface area contributed by atoms with Crippen molar-refractivity contribution in [3.8, 4) is 0 Å². The number of hydrogen-bond acceptors (Lipinski definition) is 4. The molecule has 4 nitrogen and oxygen atoms in total. The second-order valence-electron chi connectivity index (χ2n) is 5.65. The van der Waals surface area contributed by atoms with Crippen LogP contribution in [0, 0.1) is 0 Å². The lowest BCUT2D eigenvalue weighted by Crippen LogP contribution is -2.12. The molecule has 0 unspecified atom stereocenters. The smallest absolute Gasteiger partial charge is 0.151 e. The molecule has 0 bridgehead atoms. The van der Waals surface area contributed by atoms with Crippen LogP contribution in [0.5, 0.6) is 0 Å². The number of ether oxygens (including phenoxy) is 1. The van der Waals surface area contributed by atoms with Gasteiger partial charge in [0.15, 0.2) is 5.82 Å². The standard InChI is InChI=1S/C17H23N3OS/c1-22-12-9-16-18-17(15-8-11-21-13-15)20(19-16)10-7-14-5-3-2-4-6-14/h2-6,15H,7-13H2,1H3/t15-/m0/s1. The van der Waals surface area contributed by atoms with Gasteiger partial charge in [-0.15, -0.1) is 0 Å². The Morgan fingerprint density at radius 2 is 2.14 bits per heavy atom. The minimum absolute atomic E-state index is 0.409. The van der Waals surface area contributed by atoms with Gasteiger partial charge in [-0.3, -0.25) is 0 Å². The number of hydrogen-bond donors (Lipinski definition) is 0. The Morgan fingerprint density at radius 1 is 1.27 bits per heavy atom. The number of aromatic nitrogens is 3. The van der Waals surface area contributed by atoms with Crippen molar-refractivity contribution in [2.24, 2.45) is 0 Å². The Morgan fingerprint density at radius 3 is 2.86 bits per heavy atom. The average Bonchev–Trinajstić information content (AvgIpc) is 3.21. The third kappa shape index (κ3) is 3.90. The van der Waals surface area contributed by atoms with Gasteiger partial charge in [-0.25, -0.2) is 9.67 Å². The maximum Gasteiger partial charge on any atom is 0.151 e. The molecule has 1 aliphatic rings. The molecule has 118 valence electrons. The highest BCUT2D eigenvalue weighted by molar-refractivity contribution is 7.98. The van der Waals surface area contributed by atoms with E-state index in [0.717, 1.165) is 56.4 Å². The lowest BCUT2D eigenvalue weighted by molar-refractivity contribution is 0.192. The predicted molar refractivity (Wildman–Crippen MR) is 90.4 cm³/mol. The fraction of sp³-hybridized carbons (Fsp3) is 0.529. The summed E-state index contributed by atoms with van der Waals surface area (Å²) < 4.78 is 7.65. The first-order chi connectivity index (χ1) is 10.9. The van der Waals surface area contributed by atoms with Crippen LogP contribution >= 0.6 is 11.8 Å². The zero-order chi connectivity index (χ0) is 15.2. The van der Waals surface area contributed by atoms with Crippen molar-refractivity contribution in [3.63, 3.8) is 0 Å². The number of aryl methyl sites for hydroxylation is 3. The zero-order valence-corrected chi connectivity index (χ0v) is 13.9. The monoisotopic (exact) mass is 317 g/mol. The summed E-state index contributed by atoms with van der Waals surface area (Å²) in [6.07, 6.45) is 5.12. The van der Waals surface area contributed by atoms with E-state index >= 15 is 0 Å². The highest BCUT2D eigenvalue weighted by atomic mass is 32.2. The number of benzene rings is 1. The summed E-state index contributed by atoms with van der Waals surface area (Å²) in [5.41, 5.74) is 1.34. The molecule has 1 saturated heterocycles. The summed E-state index contributed by atoms with van der Waals surface area (Å²) in [5.74, 6) is 3.57. The second kappa shape index (κ2) is 7.79. The summed E-state index contributed by atoms with van der Waals surface area (Å²) in [6, 6.07) is 10.6. The molecular weight excluding hydrogens is 294 g/mol. The molecule has 0 N–H and O–H groups in total. The molecule has 1 atom stereocenters. The Hall–Kier alpha value is -1.33. The van der Waals surface area contributed by atoms with E-state index in [1.54, 1.807) is 0 Å². The van der Waals surface area contributed by atoms with Crippen LogP contribution in [-0.4, -0.2) is 40.0 Å². The molecule has 2 heterocycles. The largest absolute Gasteiger partial charge is 0.381 e. The maximum absolute atomic E-state index is 5.53. The molecule has 0 radical (unpaired) electrons. The molecule has 0 spiro atoms. The lowest BCUT2D eigenvalue weighted by Gasteiger charge is -2.09. The number of thioether (sulfide) groups is 1. The van der Waals surface area contributed by atoms with Gasteiger partial charge in [0.25, 0.3) is 0 Å². The van der Waals surface area contributed by atoms with Gasteiger partial charge in [-0.05, 0) is 24.7 Å². The van der Waals surface area contributed by atoms with E-state index in [2.05, 4.69) is 41.3 Å². The van der Waals surface area contributed by atoms with Crippen LogP contribution < -0.4 is 0 Å². The molecule has 2 aromatic rings. The Balaban J connectivity index is 1.73. The van der Waals surface area contributed by atoms with Crippen LogP contribution in [0.25, 0.3) is 0 Å². The molecule has 1 aromatic heterocycles. The van der Waals surface area contributed by atoms with E-state index in [4.69, 9.17) is 14.8 Å². The topological polar surface area (TPSA) is 39.9 Å². The SMILES string of the molecule is CSCCc1nc([C@H]2CCOC2)n(CCc2ccccc2)n1. The third-order valence-corrected chi connectivity index (χ3v) is 4.64. The fourth-order valence-corrected chi connectivity index (χ4v) is 3.17. The Labute approximate surface area is 136 Å². The van der Waals surface area contributed by atoms with Gasteiger partial charge in [0.2, 0.25) is 0 Å². The summed E-state index contributed by atoms with van der Waals surface area (Å²) in [5, 5.41) is 4.74. The van der Waals surface area contributed by atoms with Crippen molar-refractivity contribution < 1.29 is 4.74 Å². The van der Waals surface area contributed by atoms with E-state index in [1.807, 2.05) is 11.8 Å². The van der Waals surface area contributed by atoms with Gasteiger partial charge in [-0.1, -0.05) is 30.3 Å². The normalized spacial score (nSPS) is 18.0. The van der Waals surface area contributed by atoms with E-state index in [1.165, 1.54) is 5.56 Å². The highest BCUT2D eigenvalue weighted by Gasteiger charge is 2.24. The lowest BCUT2D eigenvalue weighted by atomic mass is 10.1. The number of rotatable bonds is 7. The van der Waals surface area contributed by atoms with Crippen LogP contribution in [0.2, 0.25) is 0 Å². The van der Waals surface area contributed by atoms with Gasteiger partial charge >= 0.3 is 0 Å². The van der Waals surface area contributed by atoms with Gasteiger partial charge in [0.05, 0.1) is 6.61 Å². The van der Waals surface area contributed by atoms with Crippen LogP contribution in [0.4, 0.5) is 0 Å². The van der Waals surface area contributed by atoms with Crippen molar-refractivity contribution in [1.82, 2.24) is 14.8 Å². The maximum atomic E-state index is 5.53. The van der Waals surface area contributed by atoms with Crippen LogP contribution in [0.15, 0.2) is 30.3 Å². The van der Waals surface area contributed by atoms with Crippen LogP contribution in [0.1, 0.15) is 29.6 Å². The molecular formula is C17H23N3OS. The molecule has 3 rings (SSSR count). The summed E-state index contributed by atoms with van der Waals surface area (Å²) in [7, 11) is 0. The van der Waals surface area contributed by atoms with Gasteiger partial charge in [0, 0.05) is 31.2 Å². The minimum Gasteiger partial charge on any atom is -0.381 e. The van der Waals surface area contributed by atoms with Gasteiger partial charge in [0.1, 0.15) is 5.82 Å². The van der Waals surface area contributed by atoms with Crippen LogP contribution in [0.3, 0.4) is 0 Å². The number of nitrogens with zero attached hydrogens (tertiary/aromatic N) is 3. The molecule has 1 aromatic carbocycles. The predicted octanol–water partition coefficient (Wildman–Crippen LogP) is 2.93. The van der Waals surface area contributed by atoms with Crippen molar-refractivity contribution in [3.05, 3.63) is 47.5 Å². The first-order valence-corrected chi connectivity index (χ1v) is 9.30. The first kappa shape index (κ1) is 15.6. The van der Waals surface area contributed by atoms with Crippen molar-refractivity contribution >= 4 is 11.8 Å². The van der Waals surface area contributed by atoms with Crippen LogP contribution in [-0.2, 0) is 24.1 Å². The summed E-state index contributed by atoms with van der Waals surface area (Å²) >= 11 is 1.84. The zero-order valence-electron chi connectivity index (χ0n) is 13.1. The third-order valence-electron chi connectivity index (χ3n) is 4.02. The van der Waals surface area contributed by atoms with E-state index in [-0.39, 0.29) is 0 Å². The minimum atomic E-state index is 0.409. The second-order valence-corrected chi connectivity index (χ2v) is 6.63. The highest BCUT2D eigenvalue weighted by Crippen LogP contribution is 2.24. The quantitative estimate of drug-likeness (QED) is 0.787. The average molecular weight is 317 g/mol. The molecule has 22 heavy (non-hydrogen) atoms. The summed E-state index contributed by atoms with van der Waals surface area (Å²) in [6.45, 7) is 2.52. The molecule has 5 heteroatoms. The van der Waals surface area contributed by atoms with Crippen molar-refractivity contribution in [1.29, 1.82) is 0 Å². The van der Waals surface area contributed by atoms with E-state index in [0.29, 0.717) is 5.92 Å².